The molecule has 4 nitrogen and oxygen atoms in total. The Kier molecular flexibility index (Phi) is 13.8. The molecule has 4 heterocycles. The summed E-state index contributed by atoms with van der Waals surface area (Å²) in [5.41, 5.74) is 10.5. The number of hydrogen-bond acceptors (Lipinski definition) is 8. The highest BCUT2D eigenvalue weighted by Gasteiger charge is 2.24. The maximum atomic E-state index is 13.4. The van der Waals surface area contributed by atoms with E-state index in [1.807, 2.05) is 45.3 Å². The van der Waals surface area contributed by atoms with Crippen LogP contribution in [0.1, 0.15) is 119 Å². The SMILES string of the molecule is CCCCCCc1ccsc1-c1ccc(-c2cc3c(C(=O)OC)cc2CCc2cc(-c4ccc(-c5sccc5CCCCCC)s4)c(cc2C(=O)OC)CC3)s1. The lowest BCUT2D eigenvalue weighted by Crippen LogP contribution is -2.13. The Morgan fingerprint density at radius 1 is 0.518 bits per heavy atom. The molecular formula is C48H52O4S4. The van der Waals surface area contributed by atoms with Gasteiger partial charge in [0.15, 0.2) is 0 Å². The summed E-state index contributed by atoms with van der Waals surface area (Å²) in [6, 6.07) is 22.2. The van der Waals surface area contributed by atoms with Gasteiger partial charge in [0.1, 0.15) is 0 Å². The van der Waals surface area contributed by atoms with Gasteiger partial charge in [-0.3, -0.25) is 0 Å². The van der Waals surface area contributed by atoms with E-state index < -0.39 is 0 Å². The second-order valence-electron chi connectivity index (χ2n) is 14.8. The summed E-state index contributed by atoms with van der Waals surface area (Å²) in [5.74, 6) is -0.617. The van der Waals surface area contributed by atoms with Crippen LogP contribution in [0.4, 0.5) is 0 Å². The molecule has 4 aromatic heterocycles. The molecule has 4 aliphatic carbocycles. The van der Waals surface area contributed by atoms with Crippen LogP contribution in [-0.4, -0.2) is 26.2 Å². The summed E-state index contributed by atoms with van der Waals surface area (Å²) in [7, 11) is 2.93. The first-order valence-corrected chi connectivity index (χ1v) is 23.6. The van der Waals surface area contributed by atoms with E-state index in [0.29, 0.717) is 36.8 Å². The van der Waals surface area contributed by atoms with E-state index in [4.69, 9.17) is 9.47 Å². The summed E-state index contributed by atoms with van der Waals surface area (Å²) >= 11 is 7.33. The summed E-state index contributed by atoms with van der Waals surface area (Å²) < 4.78 is 10.7. The van der Waals surface area contributed by atoms with Crippen molar-refractivity contribution in [3.05, 3.63) is 116 Å². The van der Waals surface area contributed by atoms with Gasteiger partial charge in [-0.25, -0.2) is 9.59 Å². The van der Waals surface area contributed by atoms with Crippen molar-refractivity contribution in [2.24, 2.45) is 0 Å². The second kappa shape index (κ2) is 19.1. The third-order valence-corrected chi connectivity index (χ3v) is 15.6. The van der Waals surface area contributed by atoms with E-state index in [9.17, 15) is 9.59 Å². The van der Waals surface area contributed by atoms with E-state index in [-0.39, 0.29) is 11.9 Å². The number of hydrogen-bond donors (Lipinski definition) is 0. The Labute approximate surface area is 348 Å². The van der Waals surface area contributed by atoms with Crippen LogP contribution in [-0.2, 0) is 48.0 Å². The Hall–Kier alpha value is -3.82. The van der Waals surface area contributed by atoms with Crippen molar-refractivity contribution < 1.29 is 19.1 Å². The molecular weight excluding hydrogens is 769 g/mol. The van der Waals surface area contributed by atoms with Gasteiger partial charge in [-0.2, -0.15) is 0 Å². The molecule has 4 bridgehead atoms. The summed E-state index contributed by atoms with van der Waals surface area (Å²) in [4.78, 5) is 34.4. The number of benzene rings is 2. The van der Waals surface area contributed by atoms with Crippen LogP contribution in [0, 0.1) is 0 Å². The van der Waals surface area contributed by atoms with Crippen molar-refractivity contribution in [2.75, 3.05) is 14.2 Å². The van der Waals surface area contributed by atoms with E-state index in [1.165, 1.54) is 106 Å². The predicted molar refractivity (Wildman–Crippen MR) is 239 cm³/mol. The molecule has 0 amide bonds. The molecule has 0 atom stereocenters. The number of esters is 2. The van der Waals surface area contributed by atoms with Crippen molar-refractivity contribution >= 4 is 57.3 Å². The number of carbonyl (C=O) groups excluding carboxylic acids is 2. The standard InChI is InChI=1S/C48H52O4S4/c1-5-7-9-11-13-31-23-25-53-45(31)43-21-19-41(55-43)37-27-35-18-16-34-30-40(48(50)52-4)36(17-15-33(37)29-39(35)47(49)51-3)28-38(34)42-20-22-44(56-42)46-32(24-26-54-46)14-12-10-8-6-2/h19-30H,5-18H2,1-4H3. The number of methoxy groups -OCH3 is 2. The average Bonchev–Trinajstić information content (AvgIpc) is 4.06. The predicted octanol–water partition coefficient (Wildman–Crippen LogP) is 14.3. The zero-order valence-electron chi connectivity index (χ0n) is 33.1. The smallest absolute Gasteiger partial charge is 0.338 e. The highest BCUT2D eigenvalue weighted by Crippen LogP contribution is 2.44. The quantitative estimate of drug-likeness (QED) is 0.0721. The number of ether oxygens (including phenoxy) is 2. The molecule has 0 unspecified atom stereocenters. The first kappa shape index (κ1) is 40.4. The first-order chi connectivity index (χ1) is 27.4. The molecule has 2 aromatic carbocycles. The fourth-order valence-corrected chi connectivity index (χ4v) is 12.3. The summed E-state index contributed by atoms with van der Waals surface area (Å²) in [5, 5.41) is 4.45. The molecule has 0 saturated carbocycles. The van der Waals surface area contributed by atoms with Gasteiger partial charge >= 0.3 is 11.9 Å². The van der Waals surface area contributed by atoms with Crippen molar-refractivity contribution in [3.8, 4) is 40.4 Å². The Morgan fingerprint density at radius 3 is 1.34 bits per heavy atom. The molecule has 6 aromatic rings. The third kappa shape index (κ3) is 8.99. The molecule has 0 aliphatic heterocycles. The monoisotopic (exact) mass is 820 g/mol. The Balaban J connectivity index is 1.25. The van der Waals surface area contributed by atoms with Gasteiger partial charge in [-0.15, -0.1) is 45.3 Å². The molecule has 0 fully saturated rings. The molecule has 292 valence electrons. The maximum absolute atomic E-state index is 13.4. The van der Waals surface area contributed by atoms with Gasteiger partial charge in [-0.1, -0.05) is 52.4 Å². The van der Waals surface area contributed by atoms with Crippen LogP contribution in [0.15, 0.2) is 71.4 Å². The van der Waals surface area contributed by atoms with E-state index in [2.05, 4.69) is 85.3 Å². The van der Waals surface area contributed by atoms with Crippen LogP contribution >= 0.6 is 45.3 Å². The van der Waals surface area contributed by atoms with Gasteiger partial charge in [0.25, 0.3) is 0 Å². The highest BCUT2D eigenvalue weighted by molar-refractivity contribution is 7.24. The van der Waals surface area contributed by atoms with Crippen LogP contribution in [0.2, 0.25) is 0 Å². The molecule has 4 aliphatic rings. The third-order valence-electron chi connectivity index (χ3n) is 11.1. The van der Waals surface area contributed by atoms with Crippen LogP contribution in [0.25, 0.3) is 40.4 Å². The molecule has 56 heavy (non-hydrogen) atoms. The molecule has 0 N–H and O–H groups in total. The van der Waals surface area contributed by atoms with Gasteiger partial charge < -0.3 is 9.47 Å². The van der Waals surface area contributed by atoms with Gasteiger partial charge in [0.2, 0.25) is 0 Å². The summed E-state index contributed by atoms with van der Waals surface area (Å²) in [6.07, 6.45) is 14.8. The molecule has 8 heteroatoms. The minimum absolute atomic E-state index is 0.309. The van der Waals surface area contributed by atoms with Gasteiger partial charge in [0, 0.05) is 29.3 Å². The lowest BCUT2D eigenvalue weighted by molar-refractivity contribution is 0.0591. The van der Waals surface area contributed by atoms with Gasteiger partial charge in [-0.05, 0) is 167 Å². The van der Waals surface area contributed by atoms with Crippen molar-refractivity contribution in [1.82, 2.24) is 0 Å². The van der Waals surface area contributed by atoms with Crippen LogP contribution in [0.3, 0.4) is 0 Å². The Morgan fingerprint density at radius 2 is 0.929 bits per heavy atom. The van der Waals surface area contributed by atoms with Crippen LogP contribution in [0.5, 0.6) is 0 Å². The van der Waals surface area contributed by atoms with E-state index in [0.717, 1.165) is 46.2 Å². The zero-order valence-corrected chi connectivity index (χ0v) is 36.4. The number of carbonyl (C=O) groups is 2. The number of aryl methyl sites for hydroxylation is 6. The zero-order chi connectivity index (χ0) is 39.0. The number of rotatable bonds is 16. The lowest BCUT2D eigenvalue weighted by atomic mass is 9.86. The second-order valence-corrected chi connectivity index (χ2v) is 18.8. The largest absolute Gasteiger partial charge is 0.465 e. The Bertz CT molecular complexity index is 2120. The molecule has 0 radical (unpaired) electrons. The lowest BCUT2D eigenvalue weighted by Gasteiger charge is -2.20. The number of unbranched alkanes of at least 4 members (excludes halogenated alkanes) is 6. The number of thiophene rings is 4. The first-order valence-electron chi connectivity index (χ1n) is 20.2. The minimum atomic E-state index is -0.309. The van der Waals surface area contributed by atoms with Crippen molar-refractivity contribution in [1.29, 1.82) is 0 Å². The van der Waals surface area contributed by atoms with Crippen LogP contribution < -0.4 is 0 Å². The minimum Gasteiger partial charge on any atom is -0.465 e. The molecule has 0 spiro atoms. The van der Waals surface area contributed by atoms with Crippen molar-refractivity contribution in [2.45, 2.75) is 104 Å². The normalized spacial score (nSPS) is 12.5. The highest BCUT2D eigenvalue weighted by atomic mass is 32.1. The molecule has 10 rings (SSSR count). The van der Waals surface area contributed by atoms with E-state index >= 15 is 0 Å². The van der Waals surface area contributed by atoms with Crippen molar-refractivity contribution in [3.63, 3.8) is 0 Å². The maximum Gasteiger partial charge on any atom is 0.338 e. The molecule has 0 saturated heterocycles. The summed E-state index contributed by atoms with van der Waals surface area (Å²) in [6.45, 7) is 4.52. The fourth-order valence-electron chi connectivity index (χ4n) is 7.99. The van der Waals surface area contributed by atoms with Gasteiger partial charge in [0.05, 0.1) is 25.3 Å². The topological polar surface area (TPSA) is 52.6 Å². The fraction of sp³-hybridized carbons (Fsp3) is 0.375. The van der Waals surface area contributed by atoms with E-state index in [1.54, 1.807) is 0 Å². The average molecular weight is 821 g/mol.